The molecule has 0 heterocycles. The van der Waals surface area contributed by atoms with E-state index in [1.165, 1.54) is 6.92 Å². The molecule has 0 aromatic carbocycles. The van der Waals surface area contributed by atoms with Gasteiger partial charge < -0.3 is 0 Å². The molecule has 0 unspecified atom stereocenters. The van der Waals surface area contributed by atoms with E-state index >= 15 is 0 Å². The summed E-state index contributed by atoms with van der Waals surface area (Å²) in [5.74, 6) is -0.0761. The molecule has 0 amide bonds. The van der Waals surface area contributed by atoms with Crippen molar-refractivity contribution in [3.05, 3.63) is 0 Å². The van der Waals surface area contributed by atoms with E-state index in [1.807, 2.05) is 0 Å². The van der Waals surface area contributed by atoms with E-state index in [4.69, 9.17) is 0 Å². The van der Waals surface area contributed by atoms with Crippen LogP contribution in [0.2, 0.25) is 0 Å². The molecule has 3 heteroatoms. The van der Waals surface area contributed by atoms with E-state index in [0.29, 0.717) is 12.8 Å². The van der Waals surface area contributed by atoms with Gasteiger partial charge in [0, 0.05) is 11.8 Å². The predicted molar refractivity (Wildman–Crippen MR) is 33.0 cm³/mol. The third kappa shape index (κ3) is 1.33. The molecule has 0 spiro atoms. The number of hydrogen-bond acceptors (Lipinski definition) is 1. The smallest absolute Gasteiger partial charge is 0.239 e. The Bertz CT molecular complexity index is 150. The first-order chi connectivity index (χ1) is 4.57. The quantitative estimate of drug-likeness (QED) is 0.598. The normalized spacial score (nSPS) is 21.2. The Morgan fingerprint density at radius 2 is 2.10 bits per heavy atom. The van der Waals surface area contributed by atoms with Gasteiger partial charge in [-0.3, -0.25) is 4.79 Å². The topological polar surface area (TPSA) is 17.1 Å². The maximum absolute atomic E-state index is 11.8. The van der Waals surface area contributed by atoms with Gasteiger partial charge >= 0.3 is 0 Å². The number of rotatable bonds is 3. The van der Waals surface area contributed by atoms with E-state index < -0.39 is 11.8 Å². The van der Waals surface area contributed by atoms with Gasteiger partial charge in [-0.05, 0) is 19.8 Å². The van der Waals surface area contributed by atoms with Crippen LogP contribution in [0.4, 0.5) is 8.78 Å². The van der Waals surface area contributed by atoms with E-state index in [-0.39, 0.29) is 12.2 Å². The molecule has 1 fully saturated rings. The lowest BCUT2D eigenvalue weighted by Gasteiger charge is -2.08. The van der Waals surface area contributed by atoms with Gasteiger partial charge in [0.1, 0.15) is 5.78 Å². The molecule has 1 aliphatic rings. The van der Waals surface area contributed by atoms with Crippen molar-refractivity contribution in [1.82, 2.24) is 0 Å². The number of halogens is 2. The first-order valence-corrected chi connectivity index (χ1v) is 3.36. The molecule has 1 nitrogen and oxygen atoms in total. The minimum Gasteiger partial charge on any atom is -0.299 e. The molecule has 0 bridgehead atoms. The summed E-state index contributed by atoms with van der Waals surface area (Å²) in [5, 5.41) is 0. The molecular formula is C7H10F2O. The summed E-state index contributed by atoms with van der Waals surface area (Å²) in [4.78, 5) is 10.7. The Kier molecular flexibility index (Phi) is 1.75. The molecule has 1 rings (SSSR count). The van der Waals surface area contributed by atoms with E-state index in [9.17, 15) is 13.6 Å². The molecule has 0 atom stereocenters. The molecule has 0 aromatic rings. The lowest BCUT2D eigenvalue weighted by molar-refractivity contribution is -0.123. The molecule has 0 saturated heterocycles. The van der Waals surface area contributed by atoms with E-state index in [0.717, 1.165) is 0 Å². The highest BCUT2D eigenvalue weighted by atomic mass is 19.3. The van der Waals surface area contributed by atoms with Crippen LogP contribution in [0.1, 0.15) is 26.2 Å². The van der Waals surface area contributed by atoms with Crippen molar-refractivity contribution in [2.45, 2.75) is 32.6 Å². The van der Waals surface area contributed by atoms with Gasteiger partial charge in [0.15, 0.2) is 0 Å². The van der Waals surface area contributed by atoms with Crippen LogP contribution in [0, 0.1) is 5.41 Å². The van der Waals surface area contributed by atoms with Gasteiger partial charge in [0.25, 0.3) is 0 Å². The predicted octanol–water partition coefficient (Wildman–Crippen LogP) is 2.01. The molecule has 0 radical (unpaired) electrons. The minimum atomic E-state index is -2.33. The van der Waals surface area contributed by atoms with Crippen LogP contribution in [-0.4, -0.2) is 12.2 Å². The second-order valence-corrected chi connectivity index (χ2v) is 2.93. The molecule has 10 heavy (non-hydrogen) atoms. The molecule has 0 aromatic heterocycles. The average Bonchev–Trinajstić information content (AvgIpc) is 2.46. The van der Waals surface area contributed by atoms with Crippen molar-refractivity contribution in [3.63, 3.8) is 0 Å². The number of carbonyl (C=O) groups excluding carboxylic acids is 1. The van der Waals surface area contributed by atoms with Gasteiger partial charge in [-0.25, -0.2) is 8.78 Å². The fourth-order valence-electron chi connectivity index (χ4n) is 1.15. The lowest BCUT2D eigenvalue weighted by Crippen LogP contribution is -2.15. The number of hydrogen-bond donors (Lipinski definition) is 0. The maximum Gasteiger partial charge on any atom is 0.239 e. The van der Waals surface area contributed by atoms with Crippen molar-refractivity contribution < 1.29 is 13.6 Å². The van der Waals surface area contributed by atoms with Crippen molar-refractivity contribution in [2.75, 3.05) is 0 Å². The second-order valence-electron chi connectivity index (χ2n) is 2.93. The van der Waals surface area contributed by atoms with Crippen LogP contribution in [-0.2, 0) is 4.79 Å². The van der Waals surface area contributed by atoms with Crippen LogP contribution in [0.3, 0.4) is 0 Å². The first-order valence-electron chi connectivity index (χ1n) is 3.36. The summed E-state index contributed by atoms with van der Waals surface area (Å²) in [5.41, 5.74) is -0.617. The highest BCUT2D eigenvalue weighted by Gasteiger charge is 2.48. The highest BCUT2D eigenvalue weighted by Crippen LogP contribution is 2.50. The van der Waals surface area contributed by atoms with Crippen molar-refractivity contribution in [3.8, 4) is 0 Å². The maximum atomic E-state index is 11.8. The zero-order chi connectivity index (χ0) is 7.78. The van der Waals surface area contributed by atoms with Crippen molar-refractivity contribution in [1.29, 1.82) is 0 Å². The van der Waals surface area contributed by atoms with E-state index in [1.54, 1.807) is 0 Å². The fourth-order valence-corrected chi connectivity index (χ4v) is 1.15. The SMILES string of the molecule is CC(=O)C1(CC(F)F)CC1. The average molecular weight is 148 g/mol. The Balaban J connectivity index is 2.45. The van der Waals surface area contributed by atoms with Gasteiger partial charge in [0.05, 0.1) is 0 Å². The highest BCUT2D eigenvalue weighted by molar-refractivity contribution is 5.84. The molecule has 0 aliphatic heterocycles. The fraction of sp³-hybridized carbons (Fsp3) is 0.857. The van der Waals surface area contributed by atoms with Crippen LogP contribution in [0.25, 0.3) is 0 Å². The largest absolute Gasteiger partial charge is 0.299 e. The Labute approximate surface area is 58.4 Å². The Morgan fingerprint density at radius 3 is 2.20 bits per heavy atom. The van der Waals surface area contributed by atoms with Gasteiger partial charge in [-0.15, -0.1) is 0 Å². The summed E-state index contributed by atoms with van der Waals surface area (Å²) in [6, 6.07) is 0. The molecule has 1 saturated carbocycles. The standard InChI is InChI=1S/C7H10F2O/c1-5(10)7(2-3-7)4-6(8)9/h6H,2-4H2,1H3. The van der Waals surface area contributed by atoms with Crippen molar-refractivity contribution >= 4 is 5.78 Å². The molecule has 58 valence electrons. The van der Waals surface area contributed by atoms with Crippen LogP contribution in [0.5, 0.6) is 0 Å². The minimum absolute atomic E-state index is 0.0761. The summed E-state index contributed by atoms with van der Waals surface area (Å²) in [6.07, 6.45) is -1.24. The summed E-state index contributed by atoms with van der Waals surface area (Å²) in [7, 11) is 0. The van der Waals surface area contributed by atoms with Crippen LogP contribution < -0.4 is 0 Å². The summed E-state index contributed by atoms with van der Waals surface area (Å²) < 4.78 is 23.6. The second kappa shape index (κ2) is 2.29. The first kappa shape index (κ1) is 7.63. The van der Waals surface area contributed by atoms with Gasteiger partial charge in [-0.2, -0.15) is 0 Å². The number of Topliss-reactive ketones (excluding diaryl/α,β-unsaturated/α-hetero) is 1. The van der Waals surface area contributed by atoms with Crippen LogP contribution in [0.15, 0.2) is 0 Å². The Hall–Kier alpha value is -0.470. The molecule has 1 aliphatic carbocycles. The monoisotopic (exact) mass is 148 g/mol. The number of alkyl halides is 2. The Morgan fingerprint density at radius 1 is 1.60 bits per heavy atom. The number of carbonyl (C=O) groups is 1. The summed E-state index contributed by atoms with van der Waals surface area (Å²) >= 11 is 0. The van der Waals surface area contributed by atoms with Crippen molar-refractivity contribution in [2.24, 2.45) is 5.41 Å². The lowest BCUT2D eigenvalue weighted by atomic mass is 9.98. The third-order valence-electron chi connectivity index (χ3n) is 2.15. The molecular weight excluding hydrogens is 138 g/mol. The van der Waals surface area contributed by atoms with Gasteiger partial charge in [0.2, 0.25) is 6.43 Å². The van der Waals surface area contributed by atoms with Crippen LogP contribution >= 0.6 is 0 Å². The van der Waals surface area contributed by atoms with Gasteiger partial charge in [-0.1, -0.05) is 0 Å². The van der Waals surface area contributed by atoms with E-state index in [2.05, 4.69) is 0 Å². The zero-order valence-electron chi connectivity index (χ0n) is 5.86. The number of ketones is 1. The molecule has 0 N–H and O–H groups in total. The zero-order valence-corrected chi connectivity index (χ0v) is 5.86. The third-order valence-corrected chi connectivity index (χ3v) is 2.15. The summed E-state index contributed by atoms with van der Waals surface area (Å²) in [6.45, 7) is 1.40.